The monoisotopic (exact) mass is 710 g/mol. The fourth-order valence-corrected chi connectivity index (χ4v) is 8.57. The lowest BCUT2D eigenvalue weighted by Crippen LogP contribution is -2.17. The van der Waals surface area contributed by atoms with Gasteiger partial charge < -0.3 is 9.47 Å². The topological polar surface area (TPSA) is 44.2 Å². The predicted molar refractivity (Wildman–Crippen MR) is 226 cm³/mol. The minimum absolute atomic E-state index is 0.100. The summed E-state index contributed by atoms with van der Waals surface area (Å²) in [5.41, 5.74) is 11.7. The van der Waals surface area contributed by atoms with E-state index >= 15 is 0 Å². The van der Waals surface area contributed by atoms with E-state index in [9.17, 15) is 0 Å². The Morgan fingerprint density at radius 3 is 2.04 bits per heavy atom. The molecule has 0 bridgehead atoms. The standard InChI is InChI=1S/C51H38N2O2/c1-5-38-41-28-48-49(29-43(41)51(3,4)42(38)6-2)54-46-24-22-34(27-47(46)55-48)33-16-12-17-37(25-33)50-52-44(32-14-8-7-9-15-32)30-45(53-50)36-21-23-40-35(26-36)20-19-31-13-10-11-18-39(31)40/h5,7-30H,1,6H2,2-4H3. The van der Waals surface area contributed by atoms with Gasteiger partial charge in [-0.1, -0.05) is 142 Å². The van der Waals surface area contributed by atoms with E-state index in [1.54, 1.807) is 0 Å². The number of hydrogen-bond donors (Lipinski definition) is 0. The van der Waals surface area contributed by atoms with E-state index in [2.05, 4.69) is 149 Å². The number of nitrogens with zero attached hydrogens (tertiary/aromatic N) is 2. The molecule has 264 valence electrons. The van der Waals surface area contributed by atoms with Crippen molar-refractivity contribution >= 4 is 27.1 Å². The summed E-state index contributed by atoms with van der Waals surface area (Å²) in [5.74, 6) is 3.49. The molecule has 7 aromatic carbocycles. The van der Waals surface area contributed by atoms with Gasteiger partial charge >= 0.3 is 0 Å². The van der Waals surface area contributed by atoms with Gasteiger partial charge in [0.25, 0.3) is 0 Å². The van der Waals surface area contributed by atoms with E-state index in [4.69, 9.17) is 19.4 Å². The van der Waals surface area contributed by atoms with Crippen molar-refractivity contribution in [1.29, 1.82) is 0 Å². The van der Waals surface area contributed by atoms with Gasteiger partial charge in [0.05, 0.1) is 11.4 Å². The summed E-state index contributed by atoms with van der Waals surface area (Å²) in [7, 11) is 0. The highest BCUT2D eigenvalue weighted by molar-refractivity contribution is 6.08. The Balaban J connectivity index is 1.02. The summed E-state index contributed by atoms with van der Waals surface area (Å²) >= 11 is 0. The molecule has 4 heteroatoms. The molecule has 0 fully saturated rings. The van der Waals surface area contributed by atoms with Gasteiger partial charge in [0.15, 0.2) is 28.8 Å². The van der Waals surface area contributed by atoms with Crippen molar-refractivity contribution in [2.45, 2.75) is 32.6 Å². The molecule has 10 rings (SSSR count). The second-order valence-corrected chi connectivity index (χ2v) is 14.9. The molecule has 1 aliphatic heterocycles. The number of aromatic nitrogens is 2. The maximum Gasteiger partial charge on any atom is 0.170 e. The average Bonchev–Trinajstić information content (AvgIpc) is 3.45. The highest BCUT2D eigenvalue weighted by Crippen LogP contribution is 2.54. The van der Waals surface area contributed by atoms with Gasteiger partial charge in [-0.15, -0.1) is 0 Å². The number of fused-ring (bicyclic) bond motifs is 6. The van der Waals surface area contributed by atoms with Crippen LogP contribution in [0.25, 0.3) is 72.1 Å². The van der Waals surface area contributed by atoms with Gasteiger partial charge in [0.2, 0.25) is 0 Å². The molecule has 0 radical (unpaired) electrons. The Bertz CT molecular complexity index is 2900. The highest BCUT2D eigenvalue weighted by atomic mass is 16.6. The Kier molecular flexibility index (Phi) is 7.57. The van der Waals surface area contributed by atoms with E-state index in [1.165, 1.54) is 43.8 Å². The SMILES string of the molecule is C=CC1=C(CC)C(C)(C)c2cc3c(cc21)Oc1cc(-c2cccc(-c4nc(-c5ccccc5)cc(-c5ccc6c(ccc7ccccc76)c5)n4)c2)ccc1O3. The molecule has 0 atom stereocenters. The summed E-state index contributed by atoms with van der Waals surface area (Å²) < 4.78 is 13.1. The Morgan fingerprint density at radius 1 is 0.545 bits per heavy atom. The van der Waals surface area contributed by atoms with Gasteiger partial charge in [0.1, 0.15) is 0 Å². The third-order valence-electron chi connectivity index (χ3n) is 11.4. The zero-order chi connectivity index (χ0) is 37.3. The zero-order valence-corrected chi connectivity index (χ0v) is 31.1. The van der Waals surface area contributed by atoms with Crippen molar-refractivity contribution in [2.24, 2.45) is 0 Å². The molecule has 1 aromatic heterocycles. The number of allylic oxidation sites excluding steroid dienone is 3. The van der Waals surface area contributed by atoms with Crippen LogP contribution in [0.4, 0.5) is 0 Å². The Labute approximate surface area is 321 Å². The van der Waals surface area contributed by atoms with Crippen LogP contribution in [0.2, 0.25) is 0 Å². The average molecular weight is 711 g/mol. The highest BCUT2D eigenvalue weighted by Gasteiger charge is 2.38. The fraction of sp³-hybridized carbons (Fsp3) is 0.0980. The van der Waals surface area contributed by atoms with Crippen molar-refractivity contribution in [3.63, 3.8) is 0 Å². The van der Waals surface area contributed by atoms with E-state index < -0.39 is 0 Å². The third-order valence-corrected chi connectivity index (χ3v) is 11.4. The molecule has 2 aliphatic rings. The zero-order valence-electron chi connectivity index (χ0n) is 31.1. The summed E-state index contributed by atoms with van der Waals surface area (Å²) in [6, 6.07) is 50.8. The molecule has 55 heavy (non-hydrogen) atoms. The first-order valence-electron chi connectivity index (χ1n) is 18.9. The van der Waals surface area contributed by atoms with Crippen molar-refractivity contribution < 1.29 is 9.47 Å². The predicted octanol–water partition coefficient (Wildman–Crippen LogP) is 14.0. The lowest BCUT2D eigenvalue weighted by Gasteiger charge is -2.27. The van der Waals surface area contributed by atoms with Gasteiger partial charge in [-0.2, -0.15) is 0 Å². The molecule has 0 spiro atoms. The first kappa shape index (κ1) is 32.8. The minimum Gasteiger partial charge on any atom is -0.450 e. The first-order chi connectivity index (χ1) is 26.9. The van der Waals surface area contributed by atoms with E-state index in [0.717, 1.165) is 51.4 Å². The van der Waals surface area contributed by atoms with Crippen LogP contribution in [0.5, 0.6) is 23.0 Å². The van der Waals surface area contributed by atoms with Crippen LogP contribution >= 0.6 is 0 Å². The summed E-state index contributed by atoms with van der Waals surface area (Å²) in [4.78, 5) is 10.3. The molecule has 0 unspecified atom stereocenters. The molecular weight excluding hydrogens is 673 g/mol. The lowest BCUT2D eigenvalue weighted by molar-refractivity contribution is 0.358. The summed E-state index contributed by atoms with van der Waals surface area (Å²) in [6.07, 6.45) is 2.94. The molecule has 0 N–H and O–H groups in total. The maximum atomic E-state index is 6.59. The fourth-order valence-electron chi connectivity index (χ4n) is 8.57. The molecule has 1 aliphatic carbocycles. The van der Waals surface area contributed by atoms with Crippen LogP contribution in [0.15, 0.2) is 164 Å². The third kappa shape index (κ3) is 5.44. The Morgan fingerprint density at radius 2 is 1.20 bits per heavy atom. The molecule has 2 heterocycles. The molecule has 0 saturated carbocycles. The van der Waals surface area contributed by atoms with Gasteiger partial charge in [-0.05, 0) is 98.3 Å². The number of benzene rings is 7. The second kappa shape index (κ2) is 12.7. The summed E-state index contributed by atoms with van der Waals surface area (Å²) in [5, 5.41) is 4.89. The molecule has 8 aromatic rings. The normalized spacial score (nSPS) is 13.9. The quantitative estimate of drug-likeness (QED) is 0.161. The minimum atomic E-state index is -0.100. The van der Waals surface area contributed by atoms with Gasteiger partial charge in [-0.25, -0.2) is 9.97 Å². The van der Waals surface area contributed by atoms with Crippen molar-refractivity contribution in [1.82, 2.24) is 9.97 Å². The van der Waals surface area contributed by atoms with E-state index in [1.807, 2.05) is 30.3 Å². The van der Waals surface area contributed by atoms with Crippen LogP contribution in [0, 0.1) is 0 Å². The smallest absolute Gasteiger partial charge is 0.170 e. The van der Waals surface area contributed by atoms with E-state index in [-0.39, 0.29) is 5.41 Å². The largest absolute Gasteiger partial charge is 0.450 e. The molecular formula is C51H38N2O2. The van der Waals surface area contributed by atoms with Crippen LogP contribution < -0.4 is 9.47 Å². The van der Waals surface area contributed by atoms with Crippen LogP contribution in [0.1, 0.15) is 38.3 Å². The second-order valence-electron chi connectivity index (χ2n) is 14.9. The lowest BCUT2D eigenvalue weighted by atomic mass is 9.80. The number of hydrogen-bond acceptors (Lipinski definition) is 4. The van der Waals surface area contributed by atoms with Gasteiger partial charge in [0, 0.05) is 22.1 Å². The van der Waals surface area contributed by atoms with Crippen molar-refractivity contribution in [3.8, 4) is 68.0 Å². The maximum absolute atomic E-state index is 6.59. The van der Waals surface area contributed by atoms with Gasteiger partial charge in [-0.3, -0.25) is 0 Å². The number of ether oxygens (including phenoxy) is 2. The Hall–Kier alpha value is -6.78. The molecule has 0 amide bonds. The van der Waals surface area contributed by atoms with Crippen molar-refractivity contribution in [3.05, 3.63) is 175 Å². The van der Waals surface area contributed by atoms with Crippen LogP contribution in [0.3, 0.4) is 0 Å². The summed E-state index contributed by atoms with van der Waals surface area (Å²) in [6.45, 7) is 10.9. The molecule has 4 nitrogen and oxygen atoms in total. The first-order valence-corrected chi connectivity index (χ1v) is 18.9. The number of rotatable bonds is 6. The van der Waals surface area contributed by atoms with Crippen LogP contribution in [-0.4, -0.2) is 9.97 Å². The van der Waals surface area contributed by atoms with E-state index in [0.29, 0.717) is 23.1 Å². The molecule has 0 saturated heterocycles. The van der Waals surface area contributed by atoms with Crippen molar-refractivity contribution in [2.75, 3.05) is 0 Å². The van der Waals surface area contributed by atoms with Crippen LogP contribution in [-0.2, 0) is 5.41 Å².